The molecule has 2 aromatic rings. The number of ketones is 1. The molecule has 136 valence electrons. The van der Waals surface area contributed by atoms with E-state index in [9.17, 15) is 9.59 Å². The molecule has 26 heavy (non-hydrogen) atoms. The molecular weight excluding hydrogens is 332 g/mol. The van der Waals surface area contributed by atoms with Crippen LogP contribution in [0.4, 0.5) is 10.5 Å². The predicted molar refractivity (Wildman–Crippen MR) is 98.9 cm³/mol. The number of methoxy groups -OCH3 is 1. The van der Waals surface area contributed by atoms with Crippen molar-refractivity contribution >= 4 is 17.5 Å². The maximum atomic E-state index is 12.6. The van der Waals surface area contributed by atoms with Crippen molar-refractivity contribution in [2.75, 3.05) is 25.6 Å². The number of rotatable bonds is 5. The highest BCUT2D eigenvalue weighted by atomic mass is 16.5. The van der Waals surface area contributed by atoms with Crippen LogP contribution in [0.25, 0.3) is 0 Å². The standard InChI is InChI=1S/C20H22N2O4/c1-25-18-8-7-15(19(23)14-5-3-2-4-6-14)13-17(18)22-20(24)21-16-9-11-26-12-10-16/h2-8,13,16H,9-12H2,1H3,(H2,21,22,24). The van der Waals surface area contributed by atoms with Crippen molar-refractivity contribution < 1.29 is 19.1 Å². The van der Waals surface area contributed by atoms with Crippen LogP contribution in [0.5, 0.6) is 5.75 Å². The fourth-order valence-corrected chi connectivity index (χ4v) is 2.89. The zero-order chi connectivity index (χ0) is 18.4. The van der Waals surface area contributed by atoms with E-state index in [1.54, 1.807) is 30.3 Å². The minimum absolute atomic E-state index is 0.0869. The van der Waals surface area contributed by atoms with E-state index in [2.05, 4.69) is 10.6 Å². The molecule has 6 heteroatoms. The number of carbonyl (C=O) groups excluding carboxylic acids is 2. The van der Waals surface area contributed by atoms with Crippen LogP contribution in [0.2, 0.25) is 0 Å². The third-order valence-corrected chi connectivity index (χ3v) is 4.30. The van der Waals surface area contributed by atoms with Gasteiger partial charge < -0.3 is 20.1 Å². The number of anilines is 1. The minimum Gasteiger partial charge on any atom is -0.495 e. The first-order valence-corrected chi connectivity index (χ1v) is 8.60. The molecule has 3 rings (SSSR count). The highest BCUT2D eigenvalue weighted by molar-refractivity contribution is 6.10. The van der Waals surface area contributed by atoms with Gasteiger partial charge in [0, 0.05) is 30.4 Å². The molecule has 2 aromatic carbocycles. The Balaban J connectivity index is 1.75. The Bertz CT molecular complexity index is 771. The summed E-state index contributed by atoms with van der Waals surface area (Å²) in [5, 5.41) is 5.72. The summed E-state index contributed by atoms with van der Waals surface area (Å²) in [6.07, 6.45) is 1.58. The largest absolute Gasteiger partial charge is 0.495 e. The maximum Gasteiger partial charge on any atom is 0.319 e. The van der Waals surface area contributed by atoms with Gasteiger partial charge in [-0.15, -0.1) is 0 Å². The lowest BCUT2D eigenvalue weighted by atomic mass is 10.0. The van der Waals surface area contributed by atoms with Gasteiger partial charge in [0.25, 0.3) is 0 Å². The third-order valence-electron chi connectivity index (χ3n) is 4.30. The lowest BCUT2D eigenvalue weighted by molar-refractivity contribution is 0.0806. The van der Waals surface area contributed by atoms with Gasteiger partial charge in [0.2, 0.25) is 0 Å². The van der Waals surface area contributed by atoms with Crippen LogP contribution in [0, 0.1) is 0 Å². The van der Waals surface area contributed by atoms with Gasteiger partial charge in [-0.3, -0.25) is 4.79 Å². The van der Waals surface area contributed by atoms with Gasteiger partial charge in [-0.2, -0.15) is 0 Å². The van der Waals surface area contributed by atoms with Gasteiger partial charge in [-0.1, -0.05) is 30.3 Å². The van der Waals surface area contributed by atoms with E-state index in [0.29, 0.717) is 35.8 Å². The third kappa shape index (κ3) is 4.40. The minimum atomic E-state index is -0.320. The number of hydrogen-bond donors (Lipinski definition) is 2. The molecule has 1 saturated heterocycles. The molecule has 0 aromatic heterocycles. The average Bonchev–Trinajstić information content (AvgIpc) is 2.68. The topological polar surface area (TPSA) is 76.7 Å². The molecule has 0 unspecified atom stereocenters. The smallest absolute Gasteiger partial charge is 0.319 e. The Hall–Kier alpha value is -2.86. The SMILES string of the molecule is COc1ccc(C(=O)c2ccccc2)cc1NC(=O)NC1CCOCC1. The summed E-state index contributed by atoms with van der Waals surface area (Å²) >= 11 is 0. The lowest BCUT2D eigenvalue weighted by Gasteiger charge is -2.23. The summed E-state index contributed by atoms with van der Waals surface area (Å²) in [6, 6.07) is 13.8. The number of urea groups is 1. The second-order valence-electron chi connectivity index (χ2n) is 6.10. The van der Waals surface area contributed by atoms with E-state index < -0.39 is 0 Å². The number of benzene rings is 2. The van der Waals surface area contributed by atoms with E-state index in [0.717, 1.165) is 12.8 Å². The Labute approximate surface area is 152 Å². The van der Waals surface area contributed by atoms with Crippen molar-refractivity contribution in [3.05, 3.63) is 59.7 Å². The summed E-state index contributed by atoms with van der Waals surface area (Å²) in [5.74, 6) is 0.387. The number of hydrogen-bond acceptors (Lipinski definition) is 4. The molecule has 0 saturated carbocycles. The number of nitrogens with one attached hydrogen (secondary N) is 2. The Morgan fingerprint density at radius 2 is 1.77 bits per heavy atom. The molecule has 1 fully saturated rings. The first kappa shape index (κ1) is 17.9. The Morgan fingerprint density at radius 3 is 2.46 bits per heavy atom. The second kappa shape index (κ2) is 8.49. The monoisotopic (exact) mass is 354 g/mol. The second-order valence-corrected chi connectivity index (χ2v) is 6.10. The first-order chi connectivity index (χ1) is 12.7. The van der Waals surface area contributed by atoms with Gasteiger partial charge in [0.15, 0.2) is 5.78 Å². The van der Waals surface area contributed by atoms with Crippen molar-refractivity contribution in [3.8, 4) is 5.75 Å². The van der Waals surface area contributed by atoms with Crippen molar-refractivity contribution in [2.24, 2.45) is 0 Å². The van der Waals surface area contributed by atoms with E-state index >= 15 is 0 Å². The predicted octanol–water partition coefficient (Wildman–Crippen LogP) is 3.23. The fourth-order valence-electron chi connectivity index (χ4n) is 2.89. The molecule has 1 aliphatic heterocycles. The molecule has 0 aliphatic carbocycles. The van der Waals surface area contributed by atoms with Crippen LogP contribution >= 0.6 is 0 Å². The van der Waals surface area contributed by atoms with Gasteiger partial charge in [0.1, 0.15) is 5.75 Å². The summed E-state index contributed by atoms with van der Waals surface area (Å²) in [5.41, 5.74) is 1.53. The molecule has 1 heterocycles. The van der Waals surface area contributed by atoms with E-state index in [1.807, 2.05) is 18.2 Å². The lowest BCUT2D eigenvalue weighted by Crippen LogP contribution is -2.41. The Morgan fingerprint density at radius 1 is 1.04 bits per heavy atom. The molecule has 0 atom stereocenters. The van der Waals surface area contributed by atoms with E-state index in [4.69, 9.17) is 9.47 Å². The molecule has 1 aliphatic rings. The van der Waals surface area contributed by atoms with Crippen molar-refractivity contribution in [1.29, 1.82) is 0 Å². The molecule has 0 spiro atoms. The fraction of sp³-hybridized carbons (Fsp3) is 0.300. The summed E-state index contributed by atoms with van der Waals surface area (Å²) in [6.45, 7) is 1.30. The highest BCUT2D eigenvalue weighted by Crippen LogP contribution is 2.26. The number of carbonyl (C=O) groups is 2. The van der Waals surface area contributed by atoms with Crippen LogP contribution in [0.1, 0.15) is 28.8 Å². The molecule has 0 radical (unpaired) electrons. The van der Waals surface area contributed by atoms with Gasteiger partial charge in [0.05, 0.1) is 12.8 Å². The van der Waals surface area contributed by atoms with Crippen LogP contribution in [0.3, 0.4) is 0 Å². The number of ether oxygens (including phenoxy) is 2. The Kier molecular flexibility index (Phi) is 5.86. The zero-order valence-corrected chi connectivity index (χ0v) is 14.7. The van der Waals surface area contributed by atoms with Gasteiger partial charge >= 0.3 is 6.03 Å². The average molecular weight is 354 g/mol. The molecule has 2 amide bonds. The summed E-state index contributed by atoms with van der Waals surface area (Å²) in [4.78, 5) is 24.9. The van der Waals surface area contributed by atoms with Crippen molar-refractivity contribution in [2.45, 2.75) is 18.9 Å². The highest BCUT2D eigenvalue weighted by Gasteiger charge is 2.18. The van der Waals surface area contributed by atoms with Crippen LogP contribution in [-0.2, 0) is 4.74 Å². The van der Waals surface area contributed by atoms with Gasteiger partial charge in [-0.05, 0) is 31.0 Å². The molecule has 0 bridgehead atoms. The van der Waals surface area contributed by atoms with Crippen molar-refractivity contribution in [1.82, 2.24) is 5.32 Å². The van der Waals surface area contributed by atoms with Crippen LogP contribution in [-0.4, -0.2) is 38.2 Å². The quantitative estimate of drug-likeness (QED) is 0.808. The zero-order valence-electron chi connectivity index (χ0n) is 14.7. The maximum absolute atomic E-state index is 12.6. The molecular formula is C20H22N2O4. The van der Waals surface area contributed by atoms with Crippen LogP contribution in [0.15, 0.2) is 48.5 Å². The van der Waals surface area contributed by atoms with Crippen molar-refractivity contribution in [3.63, 3.8) is 0 Å². The normalized spacial score (nSPS) is 14.5. The first-order valence-electron chi connectivity index (χ1n) is 8.60. The number of amides is 2. The van der Waals surface area contributed by atoms with Gasteiger partial charge in [-0.25, -0.2) is 4.79 Å². The van der Waals surface area contributed by atoms with E-state index in [-0.39, 0.29) is 17.9 Å². The summed E-state index contributed by atoms with van der Waals surface area (Å²) in [7, 11) is 1.52. The molecule has 2 N–H and O–H groups in total. The van der Waals surface area contributed by atoms with E-state index in [1.165, 1.54) is 7.11 Å². The summed E-state index contributed by atoms with van der Waals surface area (Å²) < 4.78 is 10.6. The van der Waals surface area contributed by atoms with Crippen LogP contribution < -0.4 is 15.4 Å². The molecule has 6 nitrogen and oxygen atoms in total.